The molecule has 1 aromatic heterocycles. The number of likely N-dealkylation sites (tertiary alicyclic amines) is 1. The maximum atomic E-state index is 5.38. The van der Waals surface area contributed by atoms with Gasteiger partial charge in [0.15, 0.2) is 11.5 Å². The zero-order chi connectivity index (χ0) is 15.4. The Balaban J connectivity index is 1.58. The second-order valence-corrected chi connectivity index (χ2v) is 5.75. The predicted molar refractivity (Wildman–Crippen MR) is 85.4 cm³/mol. The molecule has 0 amide bonds. The summed E-state index contributed by atoms with van der Waals surface area (Å²) in [5, 5.41) is 0. The Kier molecular flexibility index (Phi) is 4.63. The number of piperidine rings is 1. The lowest BCUT2D eigenvalue weighted by Crippen LogP contribution is -2.32. The topological polar surface area (TPSA) is 50.4 Å². The highest BCUT2D eigenvalue weighted by atomic mass is 16.5. The number of imidazole rings is 1. The van der Waals surface area contributed by atoms with E-state index in [0.29, 0.717) is 5.92 Å². The number of hydrogen-bond acceptors (Lipinski definition) is 4. The maximum absolute atomic E-state index is 5.38. The van der Waals surface area contributed by atoms with Crippen molar-refractivity contribution in [2.24, 2.45) is 0 Å². The average molecular weight is 301 g/mol. The molecule has 0 atom stereocenters. The Morgan fingerprint density at radius 1 is 1.18 bits per heavy atom. The van der Waals surface area contributed by atoms with Crippen molar-refractivity contribution in [1.82, 2.24) is 14.9 Å². The van der Waals surface area contributed by atoms with Crippen molar-refractivity contribution in [3.63, 3.8) is 0 Å². The van der Waals surface area contributed by atoms with E-state index in [1.807, 2.05) is 12.3 Å². The Bertz CT molecular complexity index is 590. The van der Waals surface area contributed by atoms with Crippen molar-refractivity contribution in [3.8, 4) is 11.5 Å². The molecule has 0 aliphatic carbocycles. The molecule has 5 heteroatoms. The fourth-order valence-electron chi connectivity index (χ4n) is 3.13. The van der Waals surface area contributed by atoms with Crippen molar-refractivity contribution >= 4 is 0 Å². The monoisotopic (exact) mass is 301 g/mol. The molecule has 1 N–H and O–H groups in total. The van der Waals surface area contributed by atoms with E-state index in [-0.39, 0.29) is 0 Å². The van der Waals surface area contributed by atoms with Gasteiger partial charge in [0.05, 0.1) is 20.5 Å². The van der Waals surface area contributed by atoms with Crippen molar-refractivity contribution in [2.75, 3.05) is 27.3 Å². The number of nitrogens with zero attached hydrogens (tertiary/aromatic N) is 2. The Labute approximate surface area is 131 Å². The predicted octanol–water partition coefficient (Wildman–Crippen LogP) is 2.81. The fraction of sp³-hybridized carbons (Fsp3) is 0.471. The van der Waals surface area contributed by atoms with E-state index in [1.165, 1.54) is 24.1 Å². The zero-order valence-corrected chi connectivity index (χ0v) is 13.2. The number of aromatic amines is 1. The molecule has 1 aliphatic heterocycles. The summed E-state index contributed by atoms with van der Waals surface area (Å²) in [5.41, 5.74) is 2.53. The van der Waals surface area contributed by atoms with E-state index in [4.69, 9.17) is 9.47 Å². The minimum absolute atomic E-state index is 0.615. The van der Waals surface area contributed by atoms with E-state index in [9.17, 15) is 0 Å². The second kappa shape index (κ2) is 6.83. The van der Waals surface area contributed by atoms with Gasteiger partial charge in [-0.15, -0.1) is 0 Å². The first-order chi connectivity index (χ1) is 10.8. The van der Waals surface area contributed by atoms with Gasteiger partial charge in [-0.3, -0.25) is 4.90 Å². The fourth-order valence-corrected chi connectivity index (χ4v) is 3.13. The van der Waals surface area contributed by atoms with Crippen LogP contribution >= 0.6 is 0 Å². The van der Waals surface area contributed by atoms with Crippen LogP contribution in [0.2, 0.25) is 0 Å². The lowest BCUT2D eigenvalue weighted by atomic mass is 9.94. The van der Waals surface area contributed by atoms with Crippen LogP contribution in [0.5, 0.6) is 11.5 Å². The molecule has 0 spiro atoms. The van der Waals surface area contributed by atoms with Gasteiger partial charge in [0.1, 0.15) is 0 Å². The molecule has 0 saturated carbocycles. The molecule has 1 saturated heterocycles. The van der Waals surface area contributed by atoms with E-state index in [0.717, 1.165) is 31.1 Å². The molecule has 1 aromatic carbocycles. The van der Waals surface area contributed by atoms with Gasteiger partial charge < -0.3 is 14.5 Å². The molecule has 3 rings (SSSR count). The maximum Gasteiger partial charge on any atom is 0.161 e. The zero-order valence-electron chi connectivity index (χ0n) is 13.2. The van der Waals surface area contributed by atoms with Gasteiger partial charge in [0.2, 0.25) is 0 Å². The third-order valence-electron chi connectivity index (χ3n) is 4.40. The Morgan fingerprint density at radius 2 is 1.95 bits per heavy atom. The van der Waals surface area contributed by atoms with Gasteiger partial charge in [0, 0.05) is 24.4 Å². The standard InChI is InChI=1S/C17H23N3O2/c1-21-16-4-3-13(9-17(16)22-2)11-20-7-5-14(6-8-20)15-10-18-12-19-15/h3-4,9-10,12,14H,5-8,11H2,1-2H3,(H,18,19). The first-order valence-corrected chi connectivity index (χ1v) is 7.71. The number of aromatic nitrogens is 2. The van der Waals surface area contributed by atoms with E-state index in [2.05, 4.69) is 27.0 Å². The van der Waals surface area contributed by atoms with Gasteiger partial charge in [-0.1, -0.05) is 6.07 Å². The lowest BCUT2D eigenvalue weighted by molar-refractivity contribution is 0.203. The summed E-state index contributed by atoms with van der Waals surface area (Å²) in [5.74, 6) is 2.20. The highest BCUT2D eigenvalue weighted by Gasteiger charge is 2.21. The molecule has 0 radical (unpaired) electrons. The third-order valence-corrected chi connectivity index (χ3v) is 4.40. The summed E-state index contributed by atoms with van der Waals surface area (Å²) >= 11 is 0. The molecular formula is C17H23N3O2. The number of ether oxygens (including phenoxy) is 2. The molecule has 118 valence electrons. The quantitative estimate of drug-likeness (QED) is 0.922. The van der Waals surface area contributed by atoms with Crippen LogP contribution in [-0.2, 0) is 6.54 Å². The van der Waals surface area contributed by atoms with E-state index in [1.54, 1.807) is 20.5 Å². The van der Waals surface area contributed by atoms with Crippen molar-refractivity contribution in [3.05, 3.63) is 42.0 Å². The molecular weight excluding hydrogens is 278 g/mol. The third kappa shape index (κ3) is 3.25. The largest absolute Gasteiger partial charge is 0.493 e. The number of nitrogens with one attached hydrogen (secondary N) is 1. The molecule has 2 aromatic rings. The minimum Gasteiger partial charge on any atom is -0.493 e. The molecule has 1 fully saturated rings. The first kappa shape index (κ1) is 14.9. The molecule has 0 bridgehead atoms. The van der Waals surface area contributed by atoms with E-state index >= 15 is 0 Å². The van der Waals surface area contributed by atoms with Gasteiger partial charge in [0.25, 0.3) is 0 Å². The first-order valence-electron chi connectivity index (χ1n) is 7.71. The van der Waals surface area contributed by atoms with Crippen LogP contribution in [0.1, 0.15) is 30.0 Å². The SMILES string of the molecule is COc1ccc(CN2CCC(c3cnc[nH]3)CC2)cc1OC. The highest BCUT2D eigenvalue weighted by Crippen LogP contribution is 2.30. The Hall–Kier alpha value is -2.01. The van der Waals surface area contributed by atoms with Gasteiger partial charge >= 0.3 is 0 Å². The van der Waals surface area contributed by atoms with Crippen molar-refractivity contribution < 1.29 is 9.47 Å². The number of methoxy groups -OCH3 is 2. The number of rotatable bonds is 5. The van der Waals surface area contributed by atoms with Crippen LogP contribution in [-0.4, -0.2) is 42.2 Å². The smallest absolute Gasteiger partial charge is 0.161 e. The van der Waals surface area contributed by atoms with Crippen LogP contribution in [0, 0.1) is 0 Å². The van der Waals surface area contributed by atoms with Gasteiger partial charge in [-0.05, 0) is 43.6 Å². The minimum atomic E-state index is 0.615. The highest BCUT2D eigenvalue weighted by molar-refractivity contribution is 5.42. The van der Waals surface area contributed by atoms with Crippen LogP contribution in [0.25, 0.3) is 0 Å². The number of H-pyrrole nitrogens is 1. The molecule has 5 nitrogen and oxygen atoms in total. The Morgan fingerprint density at radius 3 is 2.59 bits per heavy atom. The summed E-state index contributed by atoms with van der Waals surface area (Å²) < 4.78 is 10.7. The van der Waals surface area contributed by atoms with Crippen LogP contribution in [0.3, 0.4) is 0 Å². The van der Waals surface area contributed by atoms with Gasteiger partial charge in [-0.2, -0.15) is 0 Å². The van der Waals surface area contributed by atoms with Crippen LogP contribution in [0.15, 0.2) is 30.7 Å². The number of hydrogen-bond donors (Lipinski definition) is 1. The molecule has 22 heavy (non-hydrogen) atoms. The van der Waals surface area contributed by atoms with Crippen molar-refractivity contribution in [1.29, 1.82) is 0 Å². The van der Waals surface area contributed by atoms with Gasteiger partial charge in [-0.25, -0.2) is 4.98 Å². The molecule has 1 aliphatic rings. The van der Waals surface area contributed by atoms with Crippen LogP contribution < -0.4 is 9.47 Å². The number of benzene rings is 1. The summed E-state index contributed by atoms with van der Waals surface area (Å²) in [4.78, 5) is 9.86. The molecule has 0 unspecified atom stereocenters. The summed E-state index contributed by atoms with van der Waals surface area (Å²) in [7, 11) is 3.34. The van der Waals surface area contributed by atoms with E-state index < -0.39 is 0 Å². The lowest BCUT2D eigenvalue weighted by Gasteiger charge is -2.31. The summed E-state index contributed by atoms with van der Waals surface area (Å²) in [6.07, 6.45) is 6.07. The normalized spacial score (nSPS) is 16.6. The molecule has 2 heterocycles. The van der Waals surface area contributed by atoms with Crippen LogP contribution in [0.4, 0.5) is 0 Å². The van der Waals surface area contributed by atoms with Crippen molar-refractivity contribution in [2.45, 2.75) is 25.3 Å². The summed E-state index contributed by atoms with van der Waals surface area (Å²) in [6, 6.07) is 6.16. The summed E-state index contributed by atoms with van der Waals surface area (Å²) in [6.45, 7) is 3.17. The second-order valence-electron chi connectivity index (χ2n) is 5.75. The average Bonchev–Trinajstić information content (AvgIpc) is 3.10.